The molecule has 32 heavy (non-hydrogen) atoms. The summed E-state index contributed by atoms with van der Waals surface area (Å²) in [5.41, 5.74) is 1.30. The summed E-state index contributed by atoms with van der Waals surface area (Å²) in [7, 11) is -3.41. The van der Waals surface area contributed by atoms with E-state index in [4.69, 9.17) is 14.2 Å². The number of thiazole rings is 1. The van der Waals surface area contributed by atoms with Crippen LogP contribution in [0.1, 0.15) is 12.5 Å². The van der Waals surface area contributed by atoms with Crippen molar-refractivity contribution in [3.05, 3.63) is 46.8 Å². The highest BCUT2D eigenvalue weighted by atomic mass is 32.2. The summed E-state index contributed by atoms with van der Waals surface area (Å²) in [5, 5.41) is 0. The number of aromatic nitrogens is 1. The molecule has 11 heteroatoms. The topological polar surface area (TPSA) is 113 Å². The molecule has 0 aliphatic carbocycles. The monoisotopic (exact) mass is 476 g/mol. The Kier molecular flexibility index (Phi) is 6.02. The maximum Gasteiger partial charge on any atom is 0.326 e. The number of ether oxygens (including phenoxy) is 3. The molecule has 168 valence electrons. The molecule has 0 spiro atoms. The number of rotatable bonds is 6. The van der Waals surface area contributed by atoms with Crippen molar-refractivity contribution in [3.8, 4) is 11.5 Å². The molecule has 1 amide bonds. The van der Waals surface area contributed by atoms with Crippen molar-refractivity contribution in [2.45, 2.75) is 24.8 Å². The summed E-state index contributed by atoms with van der Waals surface area (Å²) < 4.78 is 41.6. The van der Waals surface area contributed by atoms with Crippen LogP contribution in [0, 0.1) is 0 Å². The number of fused-ring (bicyclic) bond motifs is 2. The van der Waals surface area contributed by atoms with Crippen molar-refractivity contribution in [1.82, 2.24) is 4.57 Å². The Bertz CT molecular complexity index is 1390. The molecule has 0 saturated carbocycles. The second kappa shape index (κ2) is 8.75. The van der Waals surface area contributed by atoms with Crippen molar-refractivity contribution in [1.29, 1.82) is 0 Å². The number of benzene rings is 2. The Balaban J connectivity index is 1.72. The highest BCUT2D eigenvalue weighted by Crippen LogP contribution is 2.32. The summed E-state index contributed by atoms with van der Waals surface area (Å²) in [5.74, 6) is 0.292. The number of sulfone groups is 1. The minimum Gasteiger partial charge on any atom is -0.465 e. The van der Waals surface area contributed by atoms with Gasteiger partial charge in [-0.25, -0.2) is 8.42 Å². The number of nitrogens with zero attached hydrogens (tertiary/aromatic N) is 2. The lowest BCUT2D eigenvalue weighted by Gasteiger charge is -2.05. The zero-order valence-electron chi connectivity index (χ0n) is 17.4. The smallest absolute Gasteiger partial charge is 0.326 e. The maximum atomic E-state index is 12.7. The van der Waals surface area contributed by atoms with Crippen LogP contribution in [0.3, 0.4) is 0 Å². The van der Waals surface area contributed by atoms with Crippen molar-refractivity contribution in [2.75, 3.05) is 19.7 Å². The van der Waals surface area contributed by atoms with E-state index in [1.165, 1.54) is 12.1 Å². The molecule has 0 N–H and O–H groups in total. The van der Waals surface area contributed by atoms with Crippen LogP contribution in [0.2, 0.25) is 0 Å². The molecule has 0 radical (unpaired) electrons. The van der Waals surface area contributed by atoms with Crippen LogP contribution in [0.5, 0.6) is 11.5 Å². The number of carbonyl (C=O) groups is 2. The molecule has 0 saturated heterocycles. The molecule has 4 rings (SSSR count). The van der Waals surface area contributed by atoms with Gasteiger partial charge in [-0.15, -0.1) is 0 Å². The molecular formula is C21H20N2O7S2. The van der Waals surface area contributed by atoms with Gasteiger partial charge in [-0.1, -0.05) is 17.4 Å². The summed E-state index contributed by atoms with van der Waals surface area (Å²) >= 11 is 1.13. The second-order valence-corrected chi connectivity index (χ2v) is 10.1. The van der Waals surface area contributed by atoms with Gasteiger partial charge in [0.1, 0.15) is 6.54 Å². The molecule has 1 aliphatic heterocycles. The van der Waals surface area contributed by atoms with E-state index in [9.17, 15) is 18.0 Å². The Hall–Kier alpha value is -3.18. The van der Waals surface area contributed by atoms with Crippen LogP contribution in [0.15, 0.2) is 46.3 Å². The lowest BCUT2D eigenvalue weighted by atomic mass is 10.1. The van der Waals surface area contributed by atoms with Gasteiger partial charge in [-0.05, 0) is 42.8 Å². The highest BCUT2D eigenvalue weighted by Gasteiger charge is 2.17. The quantitative estimate of drug-likeness (QED) is 0.501. The normalized spacial score (nSPS) is 13.5. The van der Waals surface area contributed by atoms with Gasteiger partial charge in [-0.3, -0.25) is 9.59 Å². The van der Waals surface area contributed by atoms with Crippen LogP contribution in [0.4, 0.5) is 0 Å². The van der Waals surface area contributed by atoms with Gasteiger partial charge in [-0.2, -0.15) is 4.99 Å². The Morgan fingerprint density at radius 2 is 1.94 bits per heavy atom. The van der Waals surface area contributed by atoms with E-state index < -0.39 is 21.7 Å². The first-order chi connectivity index (χ1) is 15.2. The Labute approximate surface area is 187 Å². The van der Waals surface area contributed by atoms with Crippen molar-refractivity contribution < 1.29 is 32.2 Å². The van der Waals surface area contributed by atoms with E-state index in [0.29, 0.717) is 27.3 Å². The third kappa shape index (κ3) is 4.68. The standard InChI is InChI=1S/C21H20N2O7S2/c1-3-28-20(25)11-23-15-6-5-14(32(2,26)27)10-18(15)31-21(23)22-19(24)9-13-4-7-16-17(8-13)30-12-29-16/h4-8,10H,3,9,11-12H2,1-2H3. The van der Waals surface area contributed by atoms with Crippen molar-refractivity contribution >= 4 is 43.3 Å². The maximum absolute atomic E-state index is 12.7. The summed E-state index contributed by atoms with van der Waals surface area (Å²) in [6, 6.07) is 9.80. The van der Waals surface area contributed by atoms with E-state index in [-0.39, 0.29) is 36.1 Å². The van der Waals surface area contributed by atoms with Gasteiger partial charge in [0.2, 0.25) is 6.79 Å². The van der Waals surface area contributed by atoms with E-state index in [1.54, 1.807) is 35.8 Å². The predicted octanol–water partition coefficient (Wildman–Crippen LogP) is 2.07. The minimum absolute atomic E-state index is 0.0267. The summed E-state index contributed by atoms with van der Waals surface area (Å²) in [6.07, 6.45) is 1.15. The van der Waals surface area contributed by atoms with Crippen LogP contribution in [-0.2, 0) is 37.1 Å². The number of esters is 1. The predicted molar refractivity (Wildman–Crippen MR) is 116 cm³/mol. The number of hydrogen-bond acceptors (Lipinski definition) is 8. The fraction of sp³-hybridized carbons (Fsp3) is 0.286. The molecule has 0 unspecified atom stereocenters. The lowest BCUT2D eigenvalue weighted by molar-refractivity contribution is -0.143. The molecule has 3 aromatic rings. The average Bonchev–Trinajstić information content (AvgIpc) is 3.31. The third-order valence-corrected chi connectivity index (χ3v) is 6.84. The highest BCUT2D eigenvalue weighted by molar-refractivity contribution is 7.90. The molecule has 0 fully saturated rings. The van der Waals surface area contributed by atoms with Crippen LogP contribution in [-0.4, -0.2) is 44.5 Å². The molecule has 1 aromatic heterocycles. The molecule has 1 aliphatic rings. The van der Waals surface area contributed by atoms with Gasteiger partial charge in [0.25, 0.3) is 5.91 Å². The lowest BCUT2D eigenvalue weighted by Crippen LogP contribution is -2.23. The molecule has 2 heterocycles. The first-order valence-corrected chi connectivity index (χ1v) is 12.4. The Morgan fingerprint density at radius 3 is 2.69 bits per heavy atom. The van der Waals surface area contributed by atoms with Gasteiger partial charge in [0.15, 0.2) is 26.1 Å². The molecule has 9 nitrogen and oxygen atoms in total. The molecule has 2 aromatic carbocycles. The first-order valence-electron chi connectivity index (χ1n) is 9.70. The van der Waals surface area contributed by atoms with Crippen molar-refractivity contribution in [2.24, 2.45) is 4.99 Å². The van der Waals surface area contributed by atoms with E-state index in [1.807, 2.05) is 0 Å². The average molecular weight is 477 g/mol. The van der Waals surface area contributed by atoms with Crippen molar-refractivity contribution in [3.63, 3.8) is 0 Å². The fourth-order valence-electron chi connectivity index (χ4n) is 3.23. The van der Waals surface area contributed by atoms with E-state index in [2.05, 4.69) is 4.99 Å². The second-order valence-electron chi connectivity index (χ2n) is 7.05. The van der Waals surface area contributed by atoms with Crippen LogP contribution in [0.25, 0.3) is 10.2 Å². The van der Waals surface area contributed by atoms with Gasteiger partial charge < -0.3 is 18.8 Å². The first kappa shape index (κ1) is 22.0. The fourth-order valence-corrected chi connectivity index (χ4v) is 5.04. The zero-order valence-corrected chi connectivity index (χ0v) is 19.0. The molecule has 0 atom stereocenters. The van der Waals surface area contributed by atoms with Crippen LogP contribution < -0.4 is 14.3 Å². The van der Waals surface area contributed by atoms with E-state index >= 15 is 0 Å². The number of amides is 1. The minimum atomic E-state index is -3.41. The molecule has 0 bridgehead atoms. The van der Waals surface area contributed by atoms with Gasteiger partial charge >= 0.3 is 5.97 Å². The Morgan fingerprint density at radius 1 is 1.16 bits per heavy atom. The number of carbonyl (C=O) groups excluding carboxylic acids is 2. The zero-order chi connectivity index (χ0) is 22.9. The SMILES string of the molecule is CCOC(=O)Cn1c(=NC(=O)Cc2ccc3c(c2)OCO3)sc2cc(S(C)(=O)=O)ccc21. The summed E-state index contributed by atoms with van der Waals surface area (Å²) in [6.45, 7) is 1.91. The third-order valence-electron chi connectivity index (χ3n) is 4.69. The largest absolute Gasteiger partial charge is 0.465 e. The van der Waals surface area contributed by atoms with Gasteiger partial charge in [0, 0.05) is 6.26 Å². The van der Waals surface area contributed by atoms with Crippen LogP contribution >= 0.6 is 11.3 Å². The summed E-state index contributed by atoms with van der Waals surface area (Å²) in [4.78, 5) is 29.5. The number of hydrogen-bond donors (Lipinski definition) is 0. The van der Waals surface area contributed by atoms with Gasteiger partial charge in [0.05, 0.1) is 28.1 Å². The molecular weight excluding hydrogens is 456 g/mol. The van der Waals surface area contributed by atoms with E-state index in [0.717, 1.165) is 17.6 Å².